The fourth-order valence-corrected chi connectivity index (χ4v) is 8.30. The number of unbranched alkanes of at least 4 members (excludes halogenated alkanes) is 3. The maximum atomic E-state index is 17.1. The van der Waals surface area contributed by atoms with Gasteiger partial charge in [0.1, 0.15) is 11.8 Å². The first-order valence-electron chi connectivity index (χ1n) is 12.9. The molecule has 9 atom stereocenters. The minimum Gasteiger partial charge on any atom is -0.462 e. The van der Waals surface area contributed by atoms with E-state index in [1.807, 2.05) is 6.92 Å². The van der Waals surface area contributed by atoms with E-state index in [4.69, 9.17) is 4.74 Å². The Kier molecular flexibility index (Phi) is 6.51. The first kappa shape index (κ1) is 23.5. The number of hydrogen-bond donors (Lipinski definition) is 2. The van der Waals surface area contributed by atoms with Gasteiger partial charge in [-0.1, -0.05) is 40.0 Å². The maximum Gasteiger partial charge on any atom is 0.306 e. The summed E-state index contributed by atoms with van der Waals surface area (Å²) in [5.41, 5.74) is -2.54. The van der Waals surface area contributed by atoms with Crippen LogP contribution in [0.3, 0.4) is 0 Å². The third kappa shape index (κ3) is 3.66. The predicted molar refractivity (Wildman–Crippen MR) is 118 cm³/mol. The number of carbonyl (C=O) groups excluding carboxylic acids is 1. The van der Waals surface area contributed by atoms with Crippen molar-refractivity contribution in [2.75, 3.05) is 0 Å². The number of esters is 1. The molecule has 4 aliphatic carbocycles. The highest BCUT2D eigenvalue weighted by atomic mass is 19.1. The second-order valence-electron chi connectivity index (χ2n) is 11.7. The third-order valence-corrected chi connectivity index (χ3v) is 10.1. The van der Waals surface area contributed by atoms with Crippen molar-refractivity contribution in [3.8, 4) is 0 Å². The van der Waals surface area contributed by atoms with Crippen LogP contribution < -0.4 is 0 Å². The van der Waals surface area contributed by atoms with E-state index in [1.165, 1.54) is 0 Å². The molecule has 0 radical (unpaired) electrons. The van der Waals surface area contributed by atoms with E-state index in [2.05, 4.69) is 13.8 Å². The van der Waals surface area contributed by atoms with E-state index in [0.717, 1.165) is 51.4 Å². The Bertz CT molecular complexity index is 670. The number of carbonyl (C=O) groups is 1. The smallest absolute Gasteiger partial charge is 0.306 e. The molecule has 4 saturated carbocycles. The molecule has 0 aromatic heterocycles. The van der Waals surface area contributed by atoms with Gasteiger partial charge in [-0.15, -0.1) is 0 Å². The summed E-state index contributed by atoms with van der Waals surface area (Å²) in [6, 6.07) is 0. The van der Waals surface area contributed by atoms with Crippen LogP contribution in [0.1, 0.15) is 104 Å². The summed E-state index contributed by atoms with van der Waals surface area (Å²) in [5, 5.41) is 21.5. The van der Waals surface area contributed by atoms with Gasteiger partial charge in [0.25, 0.3) is 0 Å². The molecule has 4 nitrogen and oxygen atoms in total. The number of fused-ring (bicyclic) bond motifs is 5. The van der Waals surface area contributed by atoms with E-state index < -0.39 is 17.2 Å². The average Bonchev–Trinajstić information content (AvgIpc) is 3.03. The number of alkyl halides is 1. The van der Waals surface area contributed by atoms with Gasteiger partial charge in [0.15, 0.2) is 0 Å². The quantitative estimate of drug-likeness (QED) is 0.434. The Balaban J connectivity index is 1.50. The first-order chi connectivity index (χ1) is 14.7. The fourth-order valence-electron chi connectivity index (χ4n) is 8.30. The van der Waals surface area contributed by atoms with Gasteiger partial charge in [0.2, 0.25) is 0 Å². The molecule has 178 valence electrons. The average molecular weight is 439 g/mol. The number of ether oxygens (including phenoxy) is 1. The normalized spacial score (nSPS) is 49.1. The molecule has 2 N–H and O–H groups in total. The summed E-state index contributed by atoms with van der Waals surface area (Å²) >= 11 is 0. The lowest BCUT2D eigenvalue weighted by molar-refractivity contribution is -0.253. The molecule has 0 unspecified atom stereocenters. The van der Waals surface area contributed by atoms with Gasteiger partial charge < -0.3 is 14.9 Å². The Hall–Kier alpha value is -0.680. The highest BCUT2D eigenvalue weighted by Gasteiger charge is 2.72. The Morgan fingerprint density at radius 2 is 1.77 bits per heavy atom. The Morgan fingerprint density at radius 3 is 2.52 bits per heavy atom. The van der Waals surface area contributed by atoms with Crippen LogP contribution in [0.5, 0.6) is 0 Å². The van der Waals surface area contributed by atoms with E-state index in [1.54, 1.807) is 0 Å². The zero-order valence-corrected chi connectivity index (χ0v) is 19.7. The number of aliphatic hydroxyl groups is 2. The molecule has 4 fully saturated rings. The van der Waals surface area contributed by atoms with Crippen molar-refractivity contribution in [1.82, 2.24) is 0 Å². The maximum absolute atomic E-state index is 17.1. The molecular formula is C26H43FO4. The van der Waals surface area contributed by atoms with Gasteiger partial charge in [0.05, 0.1) is 12.2 Å². The summed E-state index contributed by atoms with van der Waals surface area (Å²) < 4.78 is 23.0. The number of aliphatic hydroxyl groups excluding tert-OH is 2. The van der Waals surface area contributed by atoms with Crippen LogP contribution in [0, 0.1) is 28.6 Å². The molecule has 0 aromatic rings. The molecule has 31 heavy (non-hydrogen) atoms. The summed E-state index contributed by atoms with van der Waals surface area (Å²) in [6.07, 6.45) is 8.68. The van der Waals surface area contributed by atoms with Gasteiger partial charge in [-0.2, -0.15) is 0 Å². The largest absolute Gasteiger partial charge is 0.462 e. The Morgan fingerprint density at radius 1 is 1.03 bits per heavy atom. The van der Waals surface area contributed by atoms with E-state index in [9.17, 15) is 15.0 Å². The van der Waals surface area contributed by atoms with Gasteiger partial charge in [0, 0.05) is 17.3 Å². The van der Waals surface area contributed by atoms with Crippen molar-refractivity contribution in [3.05, 3.63) is 0 Å². The second kappa shape index (κ2) is 8.59. The first-order valence-corrected chi connectivity index (χ1v) is 12.9. The lowest BCUT2D eigenvalue weighted by atomic mass is 9.42. The fraction of sp³-hybridized carbons (Fsp3) is 0.962. The molecule has 0 spiro atoms. The molecule has 0 heterocycles. The van der Waals surface area contributed by atoms with Crippen molar-refractivity contribution in [2.24, 2.45) is 28.6 Å². The van der Waals surface area contributed by atoms with Crippen molar-refractivity contribution >= 4 is 5.97 Å². The molecule has 0 saturated heterocycles. The topological polar surface area (TPSA) is 66.8 Å². The van der Waals surface area contributed by atoms with Gasteiger partial charge >= 0.3 is 5.97 Å². The lowest BCUT2D eigenvalue weighted by Crippen LogP contribution is -2.69. The number of hydrogen-bond acceptors (Lipinski definition) is 4. The highest BCUT2D eigenvalue weighted by Crippen LogP contribution is 2.69. The zero-order valence-electron chi connectivity index (χ0n) is 19.7. The lowest BCUT2D eigenvalue weighted by Gasteiger charge is -2.65. The van der Waals surface area contributed by atoms with Gasteiger partial charge in [-0.3, -0.25) is 4.79 Å². The number of halogens is 1. The van der Waals surface area contributed by atoms with Crippen LogP contribution in [-0.2, 0) is 9.53 Å². The molecule has 4 rings (SSSR count). The zero-order chi connectivity index (χ0) is 22.4. The van der Waals surface area contributed by atoms with E-state index in [-0.39, 0.29) is 41.3 Å². The standard InChI is InChI=1S/C26H43FO4/c1-4-5-6-7-8-23(30)31-22-12-11-19-20-10-9-17-15-18(28)13-14-25(17,3)26(20,27)21(29)16-24(19,22)2/h17-22,28-29H,4-16H2,1-3H3/t17-,18-,19-,20-,21-,22-,24-,25-,26-/m0/s1. The predicted octanol–water partition coefficient (Wildman–Crippen LogP) is 5.34. The summed E-state index contributed by atoms with van der Waals surface area (Å²) in [6.45, 7) is 6.31. The molecule has 0 bridgehead atoms. The summed E-state index contributed by atoms with van der Waals surface area (Å²) in [7, 11) is 0. The molecule has 5 heteroatoms. The number of rotatable bonds is 6. The van der Waals surface area contributed by atoms with Crippen molar-refractivity contribution in [3.63, 3.8) is 0 Å². The van der Waals surface area contributed by atoms with E-state index >= 15 is 4.39 Å². The SMILES string of the molecule is CCCCCCC(=O)O[C@H]1CC[C@H]2[C@@H]3CC[C@H]4C[C@@H](O)CC[C@]4(C)[C@@]3(F)[C@@H](O)C[C@]12C. The molecule has 4 aliphatic rings. The summed E-state index contributed by atoms with van der Waals surface area (Å²) in [4.78, 5) is 12.5. The van der Waals surface area contributed by atoms with Crippen LogP contribution in [0.15, 0.2) is 0 Å². The minimum absolute atomic E-state index is 0.133. The van der Waals surface area contributed by atoms with Crippen LogP contribution in [0.4, 0.5) is 4.39 Å². The molecule has 0 aromatic carbocycles. The second-order valence-corrected chi connectivity index (χ2v) is 11.7. The van der Waals surface area contributed by atoms with Crippen LogP contribution >= 0.6 is 0 Å². The van der Waals surface area contributed by atoms with Crippen molar-refractivity contribution in [2.45, 2.75) is 128 Å². The minimum atomic E-state index is -1.61. The van der Waals surface area contributed by atoms with Crippen LogP contribution in [0.25, 0.3) is 0 Å². The third-order valence-electron chi connectivity index (χ3n) is 10.1. The highest BCUT2D eigenvalue weighted by molar-refractivity contribution is 5.69. The molecule has 0 amide bonds. The van der Waals surface area contributed by atoms with Crippen LogP contribution in [0.2, 0.25) is 0 Å². The van der Waals surface area contributed by atoms with Crippen molar-refractivity contribution < 1.29 is 24.1 Å². The summed E-state index contributed by atoms with van der Waals surface area (Å²) in [5.74, 6) is -0.0458. The molecule has 0 aliphatic heterocycles. The molecular weight excluding hydrogens is 395 g/mol. The van der Waals surface area contributed by atoms with E-state index in [0.29, 0.717) is 32.1 Å². The Labute approximate surface area is 187 Å². The van der Waals surface area contributed by atoms with Gasteiger partial charge in [-0.05, 0) is 75.5 Å². The van der Waals surface area contributed by atoms with Gasteiger partial charge in [-0.25, -0.2) is 4.39 Å². The van der Waals surface area contributed by atoms with Crippen molar-refractivity contribution in [1.29, 1.82) is 0 Å². The van der Waals surface area contributed by atoms with Crippen LogP contribution in [-0.4, -0.2) is 40.2 Å². The monoisotopic (exact) mass is 438 g/mol.